The van der Waals surface area contributed by atoms with Crippen molar-refractivity contribution in [2.75, 3.05) is 18.4 Å². The Balaban J connectivity index is 0. The average molecular weight is 496 g/mol. The summed E-state index contributed by atoms with van der Waals surface area (Å²) in [5.74, 6) is -2.76. The molecule has 0 radical (unpaired) electrons. The third kappa shape index (κ3) is 14.7. The van der Waals surface area contributed by atoms with Crippen molar-refractivity contribution < 1.29 is 29.0 Å². The van der Waals surface area contributed by atoms with E-state index < -0.39 is 17.9 Å². The number of aliphatic carboxylic acids is 1. The van der Waals surface area contributed by atoms with Crippen LogP contribution in [0.2, 0.25) is 0 Å². The highest BCUT2D eigenvalue weighted by molar-refractivity contribution is 5.96. The first kappa shape index (κ1) is 34.1. The molecule has 0 heterocycles. The molecule has 1 rings (SSSR count). The monoisotopic (exact) mass is 495 g/mol. The largest absolute Gasteiger partial charge is 0.481 e. The molecular formula is C26H45N3O6. The van der Waals surface area contributed by atoms with Crippen molar-refractivity contribution >= 4 is 29.4 Å². The Morgan fingerprint density at radius 3 is 2.03 bits per heavy atom. The summed E-state index contributed by atoms with van der Waals surface area (Å²) in [7, 11) is 0. The summed E-state index contributed by atoms with van der Waals surface area (Å²) in [6.45, 7) is 17.0. The third-order valence-corrected chi connectivity index (χ3v) is 4.71. The molecule has 4 N–H and O–H groups in total. The highest BCUT2D eigenvalue weighted by atomic mass is 16.5. The first-order valence-electron chi connectivity index (χ1n) is 12.3. The Morgan fingerprint density at radius 2 is 1.51 bits per heavy atom. The number of carbonyl (C=O) groups excluding carboxylic acids is 3. The van der Waals surface area contributed by atoms with E-state index in [4.69, 9.17) is 9.84 Å². The molecule has 9 nitrogen and oxygen atoms in total. The number of carboxylic acid groups (broad SMARTS) is 1. The van der Waals surface area contributed by atoms with Crippen LogP contribution >= 0.6 is 0 Å². The van der Waals surface area contributed by atoms with Gasteiger partial charge in [-0.2, -0.15) is 0 Å². The molecule has 0 fully saturated rings. The number of rotatable bonds is 12. The zero-order valence-electron chi connectivity index (χ0n) is 22.8. The highest BCUT2D eigenvalue weighted by Crippen LogP contribution is 2.18. The SMILES string of the molecule is CC.CC.CC(=O)OCc1ccc(NC(C)C)cc1C(=O)NCCNC(=O)C(C)C(C)CC(=O)O. The maximum Gasteiger partial charge on any atom is 0.303 e. The second-order valence-corrected chi connectivity index (χ2v) is 7.86. The van der Waals surface area contributed by atoms with Crippen LogP contribution < -0.4 is 16.0 Å². The van der Waals surface area contributed by atoms with Gasteiger partial charge >= 0.3 is 11.9 Å². The van der Waals surface area contributed by atoms with Gasteiger partial charge in [-0.25, -0.2) is 0 Å². The van der Waals surface area contributed by atoms with Crippen LogP contribution in [-0.2, 0) is 25.7 Å². The molecular weight excluding hydrogens is 450 g/mol. The number of hydrogen-bond acceptors (Lipinski definition) is 6. The van der Waals surface area contributed by atoms with Crippen LogP contribution in [0.15, 0.2) is 18.2 Å². The van der Waals surface area contributed by atoms with E-state index >= 15 is 0 Å². The third-order valence-electron chi connectivity index (χ3n) is 4.71. The van der Waals surface area contributed by atoms with E-state index in [1.165, 1.54) is 6.92 Å². The van der Waals surface area contributed by atoms with Crippen molar-refractivity contribution in [3.05, 3.63) is 29.3 Å². The fraction of sp³-hybridized carbons (Fsp3) is 0.615. The molecule has 1 aromatic rings. The molecule has 0 aromatic heterocycles. The molecule has 35 heavy (non-hydrogen) atoms. The van der Waals surface area contributed by atoms with Gasteiger partial charge in [-0.3, -0.25) is 19.2 Å². The fourth-order valence-electron chi connectivity index (χ4n) is 2.84. The van der Waals surface area contributed by atoms with Crippen molar-refractivity contribution in [1.82, 2.24) is 10.6 Å². The maximum atomic E-state index is 12.7. The van der Waals surface area contributed by atoms with Crippen LogP contribution in [0.4, 0.5) is 5.69 Å². The lowest BCUT2D eigenvalue weighted by Crippen LogP contribution is -2.39. The quantitative estimate of drug-likeness (QED) is 0.252. The molecule has 0 saturated heterocycles. The van der Waals surface area contributed by atoms with Crippen molar-refractivity contribution in [3.8, 4) is 0 Å². The summed E-state index contributed by atoms with van der Waals surface area (Å²) in [6, 6.07) is 5.42. The van der Waals surface area contributed by atoms with Crippen LogP contribution in [0, 0.1) is 11.8 Å². The van der Waals surface area contributed by atoms with E-state index in [0.29, 0.717) is 11.1 Å². The van der Waals surface area contributed by atoms with Gasteiger partial charge < -0.3 is 25.8 Å². The van der Waals surface area contributed by atoms with Gasteiger partial charge in [0.15, 0.2) is 0 Å². The number of nitrogens with one attached hydrogen (secondary N) is 3. The van der Waals surface area contributed by atoms with E-state index in [-0.39, 0.29) is 49.9 Å². The number of carboxylic acids is 1. The smallest absolute Gasteiger partial charge is 0.303 e. The number of anilines is 1. The van der Waals surface area contributed by atoms with Crippen LogP contribution in [0.5, 0.6) is 0 Å². The summed E-state index contributed by atoms with van der Waals surface area (Å²) in [4.78, 5) is 46.8. The molecule has 0 aliphatic heterocycles. The average Bonchev–Trinajstić information content (AvgIpc) is 2.81. The highest BCUT2D eigenvalue weighted by Gasteiger charge is 2.22. The molecule has 0 bridgehead atoms. The Hall–Kier alpha value is -3.10. The van der Waals surface area contributed by atoms with Gasteiger partial charge in [0.2, 0.25) is 5.91 Å². The molecule has 2 atom stereocenters. The second-order valence-electron chi connectivity index (χ2n) is 7.86. The summed E-state index contributed by atoms with van der Waals surface area (Å²) < 4.78 is 5.03. The molecule has 2 unspecified atom stereocenters. The van der Waals surface area contributed by atoms with E-state index in [2.05, 4.69) is 16.0 Å². The molecule has 0 saturated carbocycles. The topological polar surface area (TPSA) is 134 Å². The summed E-state index contributed by atoms with van der Waals surface area (Å²) >= 11 is 0. The Bertz CT molecular complexity index is 795. The zero-order chi connectivity index (χ0) is 27.6. The summed E-state index contributed by atoms with van der Waals surface area (Å²) in [6.07, 6.45) is -0.0861. The first-order chi connectivity index (χ1) is 16.5. The van der Waals surface area contributed by atoms with E-state index in [0.717, 1.165) is 5.69 Å². The number of esters is 1. The fourth-order valence-corrected chi connectivity index (χ4v) is 2.84. The number of benzene rings is 1. The predicted octanol–water partition coefficient (Wildman–Crippen LogP) is 4.22. The van der Waals surface area contributed by atoms with Gasteiger partial charge in [-0.1, -0.05) is 47.6 Å². The van der Waals surface area contributed by atoms with Gasteiger partial charge in [0.25, 0.3) is 5.91 Å². The molecule has 200 valence electrons. The van der Waals surface area contributed by atoms with Gasteiger partial charge in [0.1, 0.15) is 6.61 Å². The van der Waals surface area contributed by atoms with Gasteiger partial charge in [-0.15, -0.1) is 0 Å². The minimum atomic E-state index is -0.946. The summed E-state index contributed by atoms with van der Waals surface area (Å²) in [5, 5.41) is 17.5. The van der Waals surface area contributed by atoms with E-state index in [1.807, 2.05) is 47.6 Å². The predicted molar refractivity (Wildman–Crippen MR) is 139 cm³/mol. The lowest BCUT2D eigenvalue weighted by atomic mass is 9.92. The summed E-state index contributed by atoms with van der Waals surface area (Å²) in [5.41, 5.74) is 1.71. The normalized spacial score (nSPS) is 11.5. The zero-order valence-corrected chi connectivity index (χ0v) is 22.8. The Morgan fingerprint density at radius 1 is 0.943 bits per heavy atom. The minimum absolute atomic E-state index is 0.0181. The van der Waals surface area contributed by atoms with E-state index in [9.17, 15) is 19.2 Å². The van der Waals surface area contributed by atoms with Crippen LogP contribution in [0.25, 0.3) is 0 Å². The maximum absolute atomic E-state index is 12.7. The standard InChI is InChI=1S/C22H33N3O6.2C2H6/c1-13(2)25-18-7-6-17(12-31-16(5)26)19(11-18)22(30)24-9-8-23-21(29)15(4)14(3)10-20(27)28;2*1-2/h6-7,11,13-15,25H,8-10,12H2,1-5H3,(H,23,29)(H,24,30)(H,27,28);2*1-2H3. The number of hydrogen-bond donors (Lipinski definition) is 4. The van der Waals surface area contributed by atoms with Crippen molar-refractivity contribution in [2.24, 2.45) is 11.8 Å². The molecule has 0 aliphatic rings. The van der Waals surface area contributed by atoms with Crippen LogP contribution in [0.3, 0.4) is 0 Å². The van der Waals surface area contributed by atoms with Crippen molar-refractivity contribution in [2.45, 2.75) is 81.4 Å². The molecule has 2 amide bonds. The number of ether oxygens (including phenoxy) is 1. The molecule has 0 aliphatic carbocycles. The number of carbonyl (C=O) groups is 4. The first-order valence-corrected chi connectivity index (χ1v) is 12.3. The van der Waals surface area contributed by atoms with E-state index in [1.54, 1.807) is 26.0 Å². The Labute approximate surface area is 210 Å². The lowest BCUT2D eigenvalue weighted by molar-refractivity contribution is -0.142. The Kier molecular flexibility index (Phi) is 18.7. The molecule has 9 heteroatoms. The van der Waals surface area contributed by atoms with Crippen molar-refractivity contribution in [1.29, 1.82) is 0 Å². The minimum Gasteiger partial charge on any atom is -0.481 e. The van der Waals surface area contributed by atoms with Crippen LogP contribution in [0.1, 0.15) is 84.7 Å². The lowest BCUT2D eigenvalue weighted by Gasteiger charge is -2.18. The van der Waals surface area contributed by atoms with Crippen molar-refractivity contribution in [3.63, 3.8) is 0 Å². The van der Waals surface area contributed by atoms with Gasteiger partial charge in [0, 0.05) is 55.2 Å². The van der Waals surface area contributed by atoms with Crippen LogP contribution in [-0.4, -0.2) is 48.0 Å². The second kappa shape index (κ2) is 19.2. The molecule has 0 spiro atoms. The van der Waals surface area contributed by atoms with Gasteiger partial charge in [-0.05, 0) is 31.9 Å². The van der Waals surface area contributed by atoms with Gasteiger partial charge in [0.05, 0.1) is 0 Å². The molecule has 1 aromatic carbocycles. The number of amides is 2.